The van der Waals surface area contributed by atoms with Gasteiger partial charge in [-0.15, -0.1) is 0 Å². The van der Waals surface area contributed by atoms with E-state index < -0.39 is 0 Å². The van der Waals surface area contributed by atoms with Crippen LogP contribution in [0.1, 0.15) is 35.5 Å². The van der Waals surface area contributed by atoms with E-state index in [1.165, 1.54) is 0 Å². The summed E-state index contributed by atoms with van der Waals surface area (Å²) in [6.45, 7) is 0.576. The number of nitrogens with one attached hydrogen (secondary N) is 2. The summed E-state index contributed by atoms with van der Waals surface area (Å²) in [6, 6.07) is 15.0. The highest BCUT2D eigenvalue weighted by molar-refractivity contribution is 5.99. The predicted molar refractivity (Wildman–Crippen MR) is 127 cm³/mol. The fourth-order valence-electron chi connectivity index (χ4n) is 3.52. The molecule has 0 aliphatic heterocycles. The molecule has 0 radical (unpaired) electrons. The van der Waals surface area contributed by atoms with Crippen LogP contribution in [0.3, 0.4) is 0 Å². The molecule has 0 saturated carbocycles. The molecule has 2 N–H and O–H groups in total. The first-order chi connectivity index (χ1) is 16.7. The van der Waals surface area contributed by atoms with E-state index in [1.807, 2.05) is 48.5 Å². The number of ether oxygens (including phenoxy) is 2. The molecule has 2 aromatic heterocycles. The van der Waals surface area contributed by atoms with Crippen LogP contribution in [0.15, 0.2) is 59.3 Å². The average Bonchev–Trinajstić information content (AvgIpc) is 3.56. The molecule has 2 heterocycles. The van der Waals surface area contributed by atoms with Crippen molar-refractivity contribution < 1.29 is 18.8 Å². The van der Waals surface area contributed by atoms with Crippen molar-refractivity contribution in [3.8, 4) is 34.1 Å². The Balaban J connectivity index is 1.20. The minimum atomic E-state index is -0.152. The van der Waals surface area contributed by atoms with Gasteiger partial charge in [0.2, 0.25) is 11.7 Å². The van der Waals surface area contributed by atoms with Crippen molar-refractivity contribution in [2.24, 2.45) is 0 Å². The number of hydrogen-bond acceptors (Lipinski definition) is 7. The van der Waals surface area contributed by atoms with Crippen molar-refractivity contribution in [2.45, 2.75) is 25.7 Å². The maximum absolute atomic E-state index is 12.6. The first-order valence-corrected chi connectivity index (χ1v) is 11.1. The van der Waals surface area contributed by atoms with Crippen molar-refractivity contribution >= 4 is 5.91 Å². The summed E-state index contributed by atoms with van der Waals surface area (Å²) in [7, 11) is 3.25. The van der Waals surface area contributed by atoms with Crippen LogP contribution in [0.25, 0.3) is 22.6 Å². The summed E-state index contributed by atoms with van der Waals surface area (Å²) in [5.41, 5.74) is 2.95. The molecule has 4 aromatic rings. The van der Waals surface area contributed by atoms with E-state index in [9.17, 15) is 4.79 Å². The SMILES string of the molecule is COc1ccc(-c2noc(CCCCCNC(=O)c3cn[nH]c3-c3ccc(OC)cc3)n2)cc1. The number of aromatic nitrogens is 4. The summed E-state index contributed by atoms with van der Waals surface area (Å²) < 4.78 is 15.7. The van der Waals surface area contributed by atoms with Crippen LogP contribution in [-0.2, 0) is 6.42 Å². The number of aromatic amines is 1. The number of amides is 1. The molecule has 176 valence electrons. The second-order valence-electron chi connectivity index (χ2n) is 7.69. The van der Waals surface area contributed by atoms with Crippen LogP contribution in [0.4, 0.5) is 0 Å². The smallest absolute Gasteiger partial charge is 0.255 e. The van der Waals surface area contributed by atoms with Gasteiger partial charge in [0.25, 0.3) is 5.91 Å². The Kier molecular flexibility index (Phi) is 7.54. The van der Waals surface area contributed by atoms with Gasteiger partial charge in [-0.3, -0.25) is 9.89 Å². The first kappa shape index (κ1) is 23.0. The van der Waals surface area contributed by atoms with E-state index in [0.717, 1.165) is 41.9 Å². The number of H-pyrrole nitrogens is 1. The molecule has 34 heavy (non-hydrogen) atoms. The lowest BCUT2D eigenvalue weighted by Gasteiger charge is -2.06. The Morgan fingerprint density at radius 2 is 1.62 bits per heavy atom. The molecule has 4 rings (SSSR count). The fourth-order valence-corrected chi connectivity index (χ4v) is 3.52. The number of carbonyl (C=O) groups excluding carboxylic acids is 1. The molecule has 2 aromatic carbocycles. The third-order valence-electron chi connectivity index (χ3n) is 5.43. The van der Waals surface area contributed by atoms with Gasteiger partial charge < -0.3 is 19.3 Å². The number of benzene rings is 2. The number of hydrogen-bond donors (Lipinski definition) is 2. The van der Waals surface area contributed by atoms with E-state index in [0.29, 0.717) is 35.9 Å². The zero-order chi connectivity index (χ0) is 23.8. The van der Waals surface area contributed by atoms with Gasteiger partial charge in [0.15, 0.2) is 0 Å². The molecule has 0 atom stereocenters. The quantitative estimate of drug-likeness (QED) is 0.320. The van der Waals surface area contributed by atoms with Gasteiger partial charge in [-0.25, -0.2) is 0 Å². The highest BCUT2D eigenvalue weighted by atomic mass is 16.5. The maximum atomic E-state index is 12.6. The van der Waals surface area contributed by atoms with E-state index in [2.05, 4.69) is 25.7 Å². The van der Waals surface area contributed by atoms with Gasteiger partial charge in [0, 0.05) is 24.1 Å². The molecular formula is C25H27N5O4. The van der Waals surface area contributed by atoms with Crippen LogP contribution in [0.5, 0.6) is 11.5 Å². The van der Waals surface area contributed by atoms with E-state index in [4.69, 9.17) is 14.0 Å². The van der Waals surface area contributed by atoms with Gasteiger partial charge in [-0.1, -0.05) is 11.6 Å². The highest BCUT2D eigenvalue weighted by Gasteiger charge is 2.15. The predicted octanol–water partition coefficient (Wildman–Crippen LogP) is 4.29. The summed E-state index contributed by atoms with van der Waals surface area (Å²) in [5, 5.41) is 14.0. The van der Waals surface area contributed by atoms with Gasteiger partial charge in [0.05, 0.1) is 31.7 Å². The number of unbranched alkanes of at least 4 members (excludes halogenated alkanes) is 2. The Hall–Kier alpha value is -4.14. The van der Waals surface area contributed by atoms with Gasteiger partial charge in [-0.05, 0) is 61.4 Å². The van der Waals surface area contributed by atoms with Crippen molar-refractivity contribution in [3.05, 3.63) is 66.2 Å². The Labute approximate surface area is 197 Å². The molecule has 9 nitrogen and oxygen atoms in total. The third-order valence-corrected chi connectivity index (χ3v) is 5.43. The molecule has 0 bridgehead atoms. The number of rotatable bonds is 11. The molecule has 0 aliphatic rings. The second-order valence-corrected chi connectivity index (χ2v) is 7.69. The van der Waals surface area contributed by atoms with E-state index in [-0.39, 0.29) is 5.91 Å². The third kappa shape index (κ3) is 5.61. The lowest BCUT2D eigenvalue weighted by molar-refractivity contribution is 0.0953. The highest BCUT2D eigenvalue weighted by Crippen LogP contribution is 2.24. The van der Waals surface area contributed by atoms with E-state index in [1.54, 1.807) is 20.4 Å². The zero-order valence-corrected chi connectivity index (χ0v) is 19.2. The standard InChI is InChI=1S/C25H27N5O4/c1-32-19-11-7-17(8-12-19)23-21(16-27-29-23)25(31)26-15-5-3-4-6-22-28-24(30-34-22)18-9-13-20(33-2)14-10-18/h7-14,16H,3-6,15H2,1-2H3,(H,26,31)(H,27,29). The number of aryl methyl sites for hydroxylation is 1. The largest absolute Gasteiger partial charge is 0.497 e. The molecule has 0 spiro atoms. The summed E-state index contributed by atoms with van der Waals surface area (Å²) in [5.74, 6) is 2.56. The lowest BCUT2D eigenvalue weighted by Crippen LogP contribution is -2.24. The lowest BCUT2D eigenvalue weighted by atomic mass is 10.1. The first-order valence-electron chi connectivity index (χ1n) is 11.1. The molecule has 9 heteroatoms. The van der Waals surface area contributed by atoms with Crippen LogP contribution >= 0.6 is 0 Å². The van der Waals surface area contributed by atoms with E-state index >= 15 is 0 Å². The normalized spacial score (nSPS) is 10.8. The second kappa shape index (κ2) is 11.1. The minimum Gasteiger partial charge on any atom is -0.497 e. The van der Waals surface area contributed by atoms with Gasteiger partial charge in [0.1, 0.15) is 11.5 Å². The van der Waals surface area contributed by atoms with Crippen molar-refractivity contribution in [1.82, 2.24) is 25.7 Å². The topological polar surface area (TPSA) is 115 Å². The number of carbonyl (C=O) groups is 1. The molecular weight excluding hydrogens is 434 g/mol. The molecule has 1 amide bonds. The Morgan fingerprint density at radius 3 is 2.29 bits per heavy atom. The van der Waals surface area contributed by atoms with Crippen LogP contribution in [0.2, 0.25) is 0 Å². The monoisotopic (exact) mass is 461 g/mol. The summed E-state index contributed by atoms with van der Waals surface area (Å²) in [6.07, 6.45) is 4.91. The van der Waals surface area contributed by atoms with Crippen LogP contribution in [-0.4, -0.2) is 47.0 Å². The summed E-state index contributed by atoms with van der Waals surface area (Å²) >= 11 is 0. The maximum Gasteiger partial charge on any atom is 0.255 e. The molecule has 0 aliphatic carbocycles. The zero-order valence-electron chi connectivity index (χ0n) is 19.2. The molecule has 0 unspecified atom stereocenters. The number of methoxy groups -OCH3 is 2. The van der Waals surface area contributed by atoms with Crippen LogP contribution in [0, 0.1) is 0 Å². The van der Waals surface area contributed by atoms with Crippen molar-refractivity contribution in [1.29, 1.82) is 0 Å². The fraction of sp³-hybridized carbons (Fsp3) is 0.280. The summed E-state index contributed by atoms with van der Waals surface area (Å²) in [4.78, 5) is 17.1. The van der Waals surface area contributed by atoms with Gasteiger partial charge >= 0.3 is 0 Å². The molecule has 0 saturated heterocycles. The van der Waals surface area contributed by atoms with Crippen molar-refractivity contribution in [3.63, 3.8) is 0 Å². The Morgan fingerprint density at radius 1 is 0.941 bits per heavy atom. The Bertz CT molecular complexity index is 1200. The van der Waals surface area contributed by atoms with Gasteiger partial charge in [-0.2, -0.15) is 10.1 Å². The number of nitrogens with zero attached hydrogens (tertiary/aromatic N) is 3. The average molecular weight is 462 g/mol. The van der Waals surface area contributed by atoms with Crippen LogP contribution < -0.4 is 14.8 Å². The molecule has 0 fully saturated rings. The minimum absolute atomic E-state index is 0.152. The van der Waals surface area contributed by atoms with Crippen molar-refractivity contribution in [2.75, 3.05) is 20.8 Å².